The lowest BCUT2D eigenvalue weighted by Crippen LogP contribution is -2.61. The van der Waals surface area contributed by atoms with Gasteiger partial charge in [0.1, 0.15) is 54.9 Å². The predicted molar refractivity (Wildman–Crippen MR) is 252 cm³/mol. The summed E-state index contributed by atoms with van der Waals surface area (Å²) in [6.07, 6.45) is 27.4. The Kier molecular flexibility index (Phi) is 35.3. The van der Waals surface area contributed by atoms with Crippen molar-refractivity contribution in [3.8, 4) is 0 Å². The second kappa shape index (κ2) is 38.9. The van der Waals surface area contributed by atoms with Gasteiger partial charge in [0.15, 0.2) is 12.6 Å². The average Bonchev–Trinajstić information content (AvgIpc) is 3.30. The fourth-order valence-corrected chi connectivity index (χ4v) is 7.75. The smallest absolute Gasteiger partial charge is 0.306 e. The molecule has 7 N–H and O–H groups in total. The fourth-order valence-electron chi connectivity index (χ4n) is 7.75. The summed E-state index contributed by atoms with van der Waals surface area (Å²) in [5.41, 5.74) is 0. The molecule has 0 saturated carbocycles. The summed E-state index contributed by atoms with van der Waals surface area (Å²) in [5, 5.41) is 72.1. The molecule has 2 heterocycles. The topological polar surface area (TPSA) is 214 Å². The van der Waals surface area contributed by atoms with Gasteiger partial charge >= 0.3 is 5.97 Å². The van der Waals surface area contributed by atoms with Crippen molar-refractivity contribution in [2.24, 2.45) is 0 Å². The molecule has 2 saturated heterocycles. The number of carbonyl (C=O) groups is 1. The Hall–Kier alpha value is -2.05. The number of unbranched alkanes of at least 4 members (excludes halogenated alkanes) is 17. The second-order valence-corrected chi connectivity index (χ2v) is 17.6. The van der Waals surface area contributed by atoms with Gasteiger partial charge in [-0.25, -0.2) is 0 Å². The zero-order chi connectivity index (χ0) is 47.3. The second-order valence-electron chi connectivity index (χ2n) is 17.6. The molecule has 14 heteroatoms. The van der Waals surface area contributed by atoms with Gasteiger partial charge in [-0.15, -0.1) is 0 Å². The van der Waals surface area contributed by atoms with Gasteiger partial charge in [0.25, 0.3) is 0 Å². The van der Waals surface area contributed by atoms with Crippen LogP contribution in [0, 0.1) is 0 Å². The lowest BCUT2D eigenvalue weighted by molar-refractivity contribution is -0.332. The molecule has 0 aliphatic carbocycles. The van der Waals surface area contributed by atoms with Crippen molar-refractivity contribution in [1.29, 1.82) is 0 Å². The first-order valence-electron chi connectivity index (χ1n) is 25.2. The molecule has 0 aromatic carbocycles. The first-order valence-corrected chi connectivity index (χ1v) is 25.2. The Bertz CT molecular complexity index is 1260. The Labute approximate surface area is 391 Å². The largest absolute Gasteiger partial charge is 0.457 e. The van der Waals surface area contributed by atoms with E-state index in [1.54, 1.807) is 0 Å². The van der Waals surface area contributed by atoms with E-state index in [2.05, 4.69) is 62.5 Å². The third kappa shape index (κ3) is 26.9. The number of ether oxygens (including phenoxy) is 6. The summed E-state index contributed by atoms with van der Waals surface area (Å²) in [5.74, 6) is -0.399. The van der Waals surface area contributed by atoms with Crippen LogP contribution in [0.3, 0.4) is 0 Å². The standard InChI is InChI=1S/C51H90O14/c1-3-5-7-9-11-13-15-17-19-20-21-22-24-26-28-30-32-34-43(53)63-40(37-60-35-33-31-29-27-25-23-18-16-14-12-10-8-6-4-2)38-61-50-49(59)47(57)45(55)42(65-50)39-62-51-48(58)46(56)44(54)41(36-52)64-51/h5,7,11,13,17,19,21-22,40-42,44-52,54-59H,3-4,6,8-10,12,14-16,18,20,23-39H2,1-2H3/b7-5-,13-11-,19-17-,22-21-. The van der Waals surface area contributed by atoms with Crippen molar-refractivity contribution >= 4 is 5.97 Å². The summed E-state index contributed by atoms with van der Waals surface area (Å²) in [6.45, 7) is 3.54. The molecule has 0 radical (unpaired) electrons. The van der Waals surface area contributed by atoms with Gasteiger partial charge in [0, 0.05) is 13.0 Å². The molecule has 14 nitrogen and oxygen atoms in total. The average molecular weight is 927 g/mol. The van der Waals surface area contributed by atoms with E-state index in [9.17, 15) is 40.5 Å². The number of carbonyl (C=O) groups excluding carboxylic acids is 1. The Morgan fingerprint density at radius 3 is 1.57 bits per heavy atom. The third-order valence-electron chi connectivity index (χ3n) is 11.9. The molecular formula is C51H90O14. The lowest BCUT2D eigenvalue weighted by atomic mass is 9.98. The molecule has 0 amide bonds. The molecule has 2 aliphatic rings. The molecule has 2 fully saturated rings. The monoisotopic (exact) mass is 927 g/mol. The zero-order valence-electron chi connectivity index (χ0n) is 40.0. The molecule has 11 unspecified atom stereocenters. The highest BCUT2D eigenvalue weighted by Gasteiger charge is 2.47. The van der Waals surface area contributed by atoms with Crippen molar-refractivity contribution in [3.05, 3.63) is 48.6 Å². The fraction of sp³-hybridized carbons (Fsp3) is 0.824. The van der Waals surface area contributed by atoms with Gasteiger partial charge in [0.2, 0.25) is 0 Å². The van der Waals surface area contributed by atoms with Crippen molar-refractivity contribution in [2.45, 2.75) is 235 Å². The quantitative estimate of drug-likeness (QED) is 0.0185. The maximum atomic E-state index is 13.0. The molecule has 0 bridgehead atoms. The highest BCUT2D eigenvalue weighted by Crippen LogP contribution is 2.26. The highest BCUT2D eigenvalue weighted by atomic mass is 16.7. The molecule has 0 aromatic rings. The Balaban J connectivity index is 1.79. The summed E-state index contributed by atoms with van der Waals surface area (Å²) in [4.78, 5) is 13.0. The minimum absolute atomic E-state index is 0.0523. The molecule has 0 aromatic heterocycles. The molecule has 378 valence electrons. The van der Waals surface area contributed by atoms with Crippen molar-refractivity contribution in [3.63, 3.8) is 0 Å². The van der Waals surface area contributed by atoms with E-state index in [1.165, 1.54) is 70.6 Å². The van der Waals surface area contributed by atoms with Gasteiger partial charge in [0.05, 0.1) is 26.4 Å². The SMILES string of the molecule is CC/C=C\C/C=C\C/C=C\C/C=C\CCCCCCC(=O)OC(COCCCCCCCCCCCCCCCC)COC1OC(COC2OC(CO)C(O)C(O)C2O)C(O)C(O)C1O. The molecule has 2 rings (SSSR count). The van der Waals surface area contributed by atoms with E-state index < -0.39 is 86.7 Å². The van der Waals surface area contributed by atoms with Crippen LogP contribution in [0.1, 0.15) is 168 Å². The van der Waals surface area contributed by atoms with Crippen LogP contribution in [0.25, 0.3) is 0 Å². The minimum atomic E-state index is -1.71. The van der Waals surface area contributed by atoms with Crippen LogP contribution in [0.2, 0.25) is 0 Å². The molecule has 11 atom stereocenters. The molecule has 65 heavy (non-hydrogen) atoms. The van der Waals surface area contributed by atoms with Crippen molar-refractivity contribution < 1.29 is 69.0 Å². The van der Waals surface area contributed by atoms with Crippen LogP contribution in [0.4, 0.5) is 0 Å². The molecule has 2 aliphatic heterocycles. The summed E-state index contributed by atoms with van der Waals surface area (Å²) < 4.78 is 34.2. The van der Waals surface area contributed by atoms with Crippen LogP contribution >= 0.6 is 0 Å². The number of aliphatic hydroxyl groups excluding tert-OH is 7. The van der Waals surface area contributed by atoms with E-state index in [-0.39, 0.29) is 19.6 Å². The van der Waals surface area contributed by atoms with Crippen molar-refractivity contribution in [2.75, 3.05) is 33.0 Å². The third-order valence-corrected chi connectivity index (χ3v) is 11.9. The summed E-state index contributed by atoms with van der Waals surface area (Å²) in [6, 6.07) is 0. The normalized spacial score (nSPS) is 26.9. The first kappa shape index (κ1) is 59.1. The number of hydrogen-bond donors (Lipinski definition) is 7. The number of hydrogen-bond acceptors (Lipinski definition) is 14. The van der Waals surface area contributed by atoms with E-state index in [0.717, 1.165) is 70.6 Å². The maximum absolute atomic E-state index is 13.0. The van der Waals surface area contributed by atoms with Gasteiger partial charge in [-0.2, -0.15) is 0 Å². The van der Waals surface area contributed by atoms with Crippen LogP contribution in [-0.2, 0) is 33.2 Å². The van der Waals surface area contributed by atoms with Gasteiger partial charge in [-0.05, 0) is 51.4 Å². The van der Waals surface area contributed by atoms with E-state index in [4.69, 9.17) is 28.4 Å². The number of rotatable bonds is 39. The summed E-state index contributed by atoms with van der Waals surface area (Å²) in [7, 11) is 0. The van der Waals surface area contributed by atoms with Gasteiger partial charge in [-0.1, -0.05) is 159 Å². The maximum Gasteiger partial charge on any atom is 0.306 e. The van der Waals surface area contributed by atoms with Crippen LogP contribution in [0.5, 0.6) is 0 Å². The zero-order valence-corrected chi connectivity index (χ0v) is 40.0. The molecule has 0 spiro atoms. The number of allylic oxidation sites excluding steroid dienone is 8. The van der Waals surface area contributed by atoms with Crippen LogP contribution < -0.4 is 0 Å². The molecular weight excluding hydrogens is 837 g/mol. The van der Waals surface area contributed by atoms with Gasteiger partial charge in [-0.3, -0.25) is 4.79 Å². The van der Waals surface area contributed by atoms with Crippen LogP contribution in [-0.4, -0.2) is 142 Å². The first-order chi connectivity index (χ1) is 31.6. The number of aliphatic hydroxyl groups is 7. The van der Waals surface area contributed by atoms with E-state index in [0.29, 0.717) is 13.0 Å². The van der Waals surface area contributed by atoms with E-state index >= 15 is 0 Å². The highest BCUT2D eigenvalue weighted by molar-refractivity contribution is 5.69. The number of esters is 1. The summed E-state index contributed by atoms with van der Waals surface area (Å²) >= 11 is 0. The predicted octanol–water partition coefficient (Wildman–Crippen LogP) is 7.18. The minimum Gasteiger partial charge on any atom is -0.457 e. The van der Waals surface area contributed by atoms with Gasteiger partial charge < -0.3 is 64.2 Å². The van der Waals surface area contributed by atoms with Crippen molar-refractivity contribution in [1.82, 2.24) is 0 Å². The Morgan fingerprint density at radius 1 is 0.523 bits per heavy atom. The lowest BCUT2D eigenvalue weighted by Gasteiger charge is -2.42. The Morgan fingerprint density at radius 2 is 1.00 bits per heavy atom. The van der Waals surface area contributed by atoms with Crippen LogP contribution in [0.15, 0.2) is 48.6 Å². The van der Waals surface area contributed by atoms with E-state index in [1.807, 2.05) is 0 Å².